The van der Waals surface area contributed by atoms with Gasteiger partial charge in [-0.3, -0.25) is 4.79 Å². The molecule has 0 aliphatic carbocycles. The highest BCUT2D eigenvalue weighted by molar-refractivity contribution is 6.07. The van der Waals surface area contributed by atoms with Crippen molar-refractivity contribution in [2.45, 2.75) is 33.6 Å². The lowest BCUT2D eigenvalue weighted by Gasteiger charge is -2.21. The van der Waals surface area contributed by atoms with Crippen molar-refractivity contribution in [3.8, 4) is 0 Å². The van der Waals surface area contributed by atoms with Crippen LogP contribution in [-0.4, -0.2) is 12.5 Å². The quantitative estimate of drug-likeness (QED) is 0.833. The van der Waals surface area contributed by atoms with Gasteiger partial charge in [0, 0.05) is 6.54 Å². The van der Waals surface area contributed by atoms with Gasteiger partial charge in [0.15, 0.2) is 0 Å². The van der Waals surface area contributed by atoms with Crippen LogP contribution in [0.2, 0.25) is 0 Å². The van der Waals surface area contributed by atoms with Gasteiger partial charge in [-0.15, -0.1) is 0 Å². The summed E-state index contributed by atoms with van der Waals surface area (Å²) in [6, 6.07) is 5.85. The Hall–Kier alpha value is -1.51. The zero-order chi connectivity index (χ0) is 13.4. The number of carbonyl (C=O) groups is 1. The molecular formula is C15H22N2O. The third-order valence-corrected chi connectivity index (χ3v) is 3.45. The number of para-hydroxylation sites is 1. The summed E-state index contributed by atoms with van der Waals surface area (Å²) in [6.07, 6.45) is 0. The highest BCUT2D eigenvalue weighted by Gasteiger charge is 2.39. The lowest BCUT2D eigenvalue weighted by atomic mass is 9.89. The summed E-state index contributed by atoms with van der Waals surface area (Å²) >= 11 is 0. The minimum absolute atomic E-state index is 0.0396. The molecule has 1 aliphatic rings. The zero-order valence-electron chi connectivity index (χ0n) is 11.6. The van der Waals surface area contributed by atoms with Crippen LogP contribution < -0.4 is 10.6 Å². The first-order valence-electron chi connectivity index (χ1n) is 6.63. The number of carbonyl (C=O) groups excluding carboxylic acids is 1. The fourth-order valence-electron chi connectivity index (χ4n) is 2.74. The Morgan fingerprint density at radius 2 is 1.94 bits per heavy atom. The van der Waals surface area contributed by atoms with E-state index in [1.54, 1.807) is 0 Å². The summed E-state index contributed by atoms with van der Waals surface area (Å²) in [5.74, 6) is 0.899. The molecule has 0 radical (unpaired) electrons. The number of nitrogen functional groups attached to an aromatic ring is 1. The first-order chi connectivity index (χ1) is 8.43. The van der Waals surface area contributed by atoms with Gasteiger partial charge in [0.2, 0.25) is 5.91 Å². The topological polar surface area (TPSA) is 46.3 Å². The number of benzene rings is 1. The third-order valence-electron chi connectivity index (χ3n) is 3.45. The normalized spacial score (nSPS) is 18.9. The number of anilines is 2. The predicted octanol–water partition coefficient (Wildman–Crippen LogP) is 3.01. The standard InChI is InChI=1S/C15H22N2O/c1-9(2)8-17-14-11(6-5-7-12(14)16)13(10(3)4)15(17)18/h5-7,9-10,13H,8,16H2,1-4H3. The van der Waals surface area contributed by atoms with Crippen molar-refractivity contribution in [3.05, 3.63) is 23.8 Å². The van der Waals surface area contributed by atoms with Crippen molar-refractivity contribution >= 4 is 17.3 Å². The van der Waals surface area contributed by atoms with Gasteiger partial charge in [-0.25, -0.2) is 0 Å². The minimum Gasteiger partial charge on any atom is -0.397 e. The van der Waals surface area contributed by atoms with Gasteiger partial charge in [-0.05, 0) is 23.5 Å². The van der Waals surface area contributed by atoms with Crippen molar-refractivity contribution in [1.29, 1.82) is 0 Å². The average Bonchev–Trinajstić information content (AvgIpc) is 2.52. The van der Waals surface area contributed by atoms with Crippen molar-refractivity contribution in [2.24, 2.45) is 11.8 Å². The van der Waals surface area contributed by atoms with E-state index in [9.17, 15) is 4.79 Å². The first-order valence-corrected chi connectivity index (χ1v) is 6.63. The Morgan fingerprint density at radius 1 is 1.28 bits per heavy atom. The van der Waals surface area contributed by atoms with Gasteiger partial charge in [-0.1, -0.05) is 39.8 Å². The molecule has 3 nitrogen and oxygen atoms in total. The Morgan fingerprint density at radius 3 is 2.50 bits per heavy atom. The van der Waals surface area contributed by atoms with E-state index in [2.05, 4.69) is 27.7 Å². The average molecular weight is 246 g/mol. The van der Waals surface area contributed by atoms with Gasteiger partial charge in [-0.2, -0.15) is 0 Å². The molecule has 0 saturated heterocycles. The number of fused-ring (bicyclic) bond motifs is 1. The molecule has 1 aromatic rings. The third kappa shape index (κ3) is 1.98. The van der Waals surface area contributed by atoms with Crippen LogP contribution in [0.5, 0.6) is 0 Å². The van der Waals surface area contributed by atoms with E-state index in [0.717, 1.165) is 17.8 Å². The zero-order valence-corrected chi connectivity index (χ0v) is 11.6. The molecule has 1 aromatic carbocycles. The molecule has 1 atom stereocenters. The maximum absolute atomic E-state index is 12.6. The molecule has 1 heterocycles. The van der Waals surface area contributed by atoms with Gasteiger partial charge < -0.3 is 10.6 Å². The smallest absolute Gasteiger partial charge is 0.234 e. The van der Waals surface area contributed by atoms with Crippen LogP contribution in [0.15, 0.2) is 18.2 Å². The van der Waals surface area contributed by atoms with Crippen LogP contribution in [0.3, 0.4) is 0 Å². The van der Waals surface area contributed by atoms with Gasteiger partial charge in [0.1, 0.15) is 0 Å². The van der Waals surface area contributed by atoms with Crippen LogP contribution >= 0.6 is 0 Å². The van der Waals surface area contributed by atoms with Crippen molar-refractivity contribution in [2.75, 3.05) is 17.2 Å². The monoisotopic (exact) mass is 246 g/mol. The minimum atomic E-state index is -0.0396. The van der Waals surface area contributed by atoms with Crippen molar-refractivity contribution < 1.29 is 4.79 Å². The van der Waals surface area contributed by atoms with E-state index in [1.807, 2.05) is 23.1 Å². The largest absolute Gasteiger partial charge is 0.397 e. The summed E-state index contributed by atoms with van der Waals surface area (Å²) in [7, 11) is 0. The summed E-state index contributed by atoms with van der Waals surface area (Å²) < 4.78 is 0. The molecular weight excluding hydrogens is 224 g/mol. The summed E-state index contributed by atoms with van der Waals surface area (Å²) in [4.78, 5) is 14.4. The fourth-order valence-corrected chi connectivity index (χ4v) is 2.74. The molecule has 98 valence electrons. The van der Waals surface area contributed by atoms with Crippen molar-refractivity contribution in [1.82, 2.24) is 0 Å². The number of nitrogens with two attached hydrogens (primary N) is 1. The molecule has 0 bridgehead atoms. The van der Waals surface area contributed by atoms with Gasteiger partial charge >= 0.3 is 0 Å². The van der Waals surface area contributed by atoms with Crippen molar-refractivity contribution in [3.63, 3.8) is 0 Å². The second kappa shape index (κ2) is 4.63. The Kier molecular flexibility index (Phi) is 3.33. The second-order valence-corrected chi connectivity index (χ2v) is 5.85. The molecule has 3 heteroatoms. The molecule has 1 unspecified atom stereocenters. The number of amides is 1. The molecule has 0 saturated carbocycles. The molecule has 0 fully saturated rings. The number of hydrogen-bond acceptors (Lipinski definition) is 2. The van der Waals surface area contributed by atoms with Crippen LogP contribution in [0.4, 0.5) is 11.4 Å². The maximum atomic E-state index is 12.6. The van der Waals surface area contributed by atoms with E-state index in [4.69, 9.17) is 5.73 Å². The molecule has 1 amide bonds. The van der Waals surface area contributed by atoms with Crippen LogP contribution in [0, 0.1) is 11.8 Å². The molecule has 1 aliphatic heterocycles. The van der Waals surface area contributed by atoms with Crippen LogP contribution in [-0.2, 0) is 4.79 Å². The molecule has 0 spiro atoms. The lowest BCUT2D eigenvalue weighted by molar-refractivity contribution is -0.120. The van der Waals surface area contributed by atoms with E-state index in [1.165, 1.54) is 0 Å². The molecule has 0 aromatic heterocycles. The first kappa shape index (κ1) is 12.9. The highest BCUT2D eigenvalue weighted by Crippen LogP contribution is 2.44. The summed E-state index contributed by atoms with van der Waals surface area (Å²) in [6.45, 7) is 9.16. The van der Waals surface area contributed by atoms with E-state index in [0.29, 0.717) is 17.5 Å². The Balaban J connectivity index is 2.51. The summed E-state index contributed by atoms with van der Waals surface area (Å²) in [5.41, 5.74) is 8.81. The molecule has 2 rings (SSSR count). The lowest BCUT2D eigenvalue weighted by Crippen LogP contribution is -2.33. The van der Waals surface area contributed by atoms with E-state index >= 15 is 0 Å². The Bertz CT molecular complexity index is 466. The second-order valence-electron chi connectivity index (χ2n) is 5.85. The van der Waals surface area contributed by atoms with Gasteiger partial charge in [0.05, 0.1) is 17.3 Å². The predicted molar refractivity (Wildman–Crippen MR) is 75.6 cm³/mol. The van der Waals surface area contributed by atoms with E-state index < -0.39 is 0 Å². The fraction of sp³-hybridized carbons (Fsp3) is 0.533. The van der Waals surface area contributed by atoms with Crippen LogP contribution in [0.1, 0.15) is 39.2 Å². The summed E-state index contributed by atoms with van der Waals surface area (Å²) in [5, 5.41) is 0. The molecule has 2 N–H and O–H groups in total. The van der Waals surface area contributed by atoms with E-state index in [-0.39, 0.29) is 11.8 Å². The number of hydrogen-bond donors (Lipinski definition) is 1. The maximum Gasteiger partial charge on any atom is 0.234 e. The van der Waals surface area contributed by atoms with Gasteiger partial charge in [0.25, 0.3) is 0 Å². The SMILES string of the molecule is CC(C)CN1C(=O)C(C(C)C)c2cccc(N)c21. The van der Waals surface area contributed by atoms with Crippen LogP contribution in [0.25, 0.3) is 0 Å². The number of nitrogens with zero attached hydrogens (tertiary/aromatic N) is 1. The molecule has 18 heavy (non-hydrogen) atoms. The number of rotatable bonds is 3. The highest BCUT2D eigenvalue weighted by atomic mass is 16.2. The Labute approximate surface area is 109 Å².